The van der Waals surface area contributed by atoms with E-state index >= 15 is 0 Å². The molecule has 0 saturated carbocycles. The van der Waals surface area contributed by atoms with Gasteiger partial charge in [0.2, 0.25) is 0 Å². The van der Waals surface area contributed by atoms with Crippen molar-refractivity contribution in [3.05, 3.63) is 35.9 Å². The molecule has 0 fully saturated rings. The van der Waals surface area contributed by atoms with Crippen molar-refractivity contribution in [3.8, 4) is 0 Å². The van der Waals surface area contributed by atoms with Gasteiger partial charge in [0, 0.05) is 25.0 Å². The lowest BCUT2D eigenvalue weighted by atomic mass is 10.1. The van der Waals surface area contributed by atoms with Crippen LogP contribution in [0, 0.1) is 0 Å². The molecule has 0 atom stereocenters. The largest absolute Gasteiger partial charge is 0.363 e. The highest BCUT2D eigenvalue weighted by Gasteiger charge is 2.03. The van der Waals surface area contributed by atoms with Gasteiger partial charge in [0.15, 0.2) is 6.29 Å². The molecule has 3 nitrogen and oxygen atoms in total. The van der Waals surface area contributed by atoms with Gasteiger partial charge >= 0.3 is 0 Å². The van der Waals surface area contributed by atoms with Crippen molar-refractivity contribution in [2.75, 3.05) is 19.0 Å². The van der Waals surface area contributed by atoms with Gasteiger partial charge in [-0.3, -0.25) is 4.79 Å². The number of anilines is 1. The Hall–Kier alpha value is -1.90. The zero-order valence-electron chi connectivity index (χ0n) is 8.77. The molecule has 3 heteroatoms. The van der Waals surface area contributed by atoms with E-state index < -0.39 is 0 Å². The van der Waals surface area contributed by atoms with E-state index in [1.807, 2.05) is 43.3 Å². The van der Waals surface area contributed by atoms with Crippen molar-refractivity contribution >= 4 is 23.0 Å². The molecule has 2 rings (SSSR count). The number of para-hydroxylation sites is 1. The van der Waals surface area contributed by atoms with Crippen molar-refractivity contribution in [2.24, 2.45) is 0 Å². The Balaban J connectivity index is 2.72. The minimum atomic E-state index is 0.635. The smallest absolute Gasteiger partial charge is 0.152 e. The van der Waals surface area contributed by atoms with E-state index in [1.54, 1.807) is 6.07 Å². The van der Waals surface area contributed by atoms with Crippen molar-refractivity contribution < 1.29 is 4.79 Å². The van der Waals surface area contributed by atoms with Crippen LogP contribution in [0.1, 0.15) is 10.4 Å². The second-order valence-corrected chi connectivity index (χ2v) is 3.60. The fourth-order valence-electron chi connectivity index (χ4n) is 1.50. The van der Waals surface area contributed by atoms with Crippen LogP contribution in [0.15, 0.2) is 30.3 Å². The first kappa shape index (κ1) is 9.65. The first-order valence-electron chi connectivity index (χ1n) is 4.74. The Kier molecular flexibility index (Phi) is 2.37. The van der Waals surface area contributed by atoms with Crippen LogP contribution in [0.5, 0.6) is 0 Å². The molecule has 0 aliphatic carbocycles. The van der Waals surface area contributed by atoms with E-state index in [0.717, 1.165) is 23.0 Å². The third-order valence-corrected chi connectivity index (χ3v) is 2.32. The lowest BCUT2D eigenvalue weighted by Gasteiger charge is -2.12. The maximum atomic E-state index is 10.8. The monoisotopic (exact) mass is 200 g/mol. The van der Waals surface area contributed by atoms with Gasteiger partial charge in [-0.05, 0) is 18.2 Å². The number of aromatic nitrogens is 1. The summed E-state index contributed by atoms with van der Waals surface area (Å²) >= 11 is 0. The standard InChI is InChI=1S/C12H12N2O/c1-14(2)11-7-6-9-4-3-5-10(8-15)12(9)13-11/h3-8H,1-2H3. The molecule has 0 unspecified atom stereocenters. The van der Waals surface area contributed by atoms with Gasteiger partial charge in [-0.1, -0.05) is 12.1 Å². The van der Waals surface area contributed by atoms with E-state index in [1.165, 1.54) is 0 Å². The number of hydrogen-bond donors (Lipinski definition) is 0. The molecule has 0 aliphatic rings. The normalized spacial score (nSPS) is 10.3. The van der Waals surface area contributed by atoms with E-state index in [9.17, 15) is 4.79 Å². The second kappa shape index (κ2) is 3.69. The molecule has 76 valence electrons. The van der Waals surface area contributed by atoms with E-state index in [-0.39, 0.29) is 0 Å². The zero-order valence-corrected chi connectivity index (χ0v) is 8.77. The molecule has 2 aromatic rings. The Morgan fingerprint density at radius 2 is 2.00 bits per heavy atom. The van der Waals surface area contributed by atoms with Crippen LogP contribution in [0.2, 0.25) is 0 Å². The van der Waals surface area contributed by atoms with Crippen molar-refractivity contribution in [1.82, 2.24) is 4.98 Å². The van der Waals surface area contributed by atoms with Gasteiger partial charge in [0.05, 0.1) is 5.52 Å². The summed E-state index contributed by atoms with van der Waals surface area (Å²) in [6, 6.07) is 9.52. The van der Waals surface area contributed by atoms with Crippen LogP contribution >= 0.6 is 0 Å². The maximum Gasteiger partial charge on any atom is 0.152 e. The third kappa shape index (κ3) is 1.68. The third-order valence-electron chi connectivity index (χ3n) is 2.32. The Labute approximate surface area is 88.3 Å². The molecule has 0 aliphatic heterocycles. The van der Waals surface area contributed by atoms with Crippen LogP contribution in [0.4, 0.5) is 5.82 Å². The molecule has 0 N–H and O–H groups in total. The van der Waals surface area contributed by atoms with Gasteiger partial charge in [-0.2, -0.15) is 0 Å². The summed E-state index contributed by atoms with van der Waals surface area (Å²) in [6.07, 6.45) is 0.842. The number of benzene rings is 1. The summed E-state index contributed by atoms with van der Waals surface area (Å²) in [5.74, 6) is 0.858. The summed E-state index contributed by atoms with van der Waals surface area (Å²) < 4.78 is 0. The zero-order chi connectivity index (χ0) is 10.8. The Morgan fingerprint density at radius 3 is 2.67 bits per heavy atom. The molecule has 0 amide bonds. The summed E-state index contributed by atoms with van der Waals surface area (Å²) in [7, 11) is 3.86. The number of hydrogen-bond acceptors (Lipinski definition) is 3. The van der Waals surface area contributed by atoms with Crippen LogP contribution < -0.4 is 4.90 Å². The molecule has 1 aromatic carbocycles. The maximum absolute atomic E-state index is 10.8. The first-order valence-corrected chi connectivity index (χ1v) is 4.74. The van der Waals surface area contributed by atoms with E-state index in [0.29, 0.717) is 5.56 Å². The number of carbonyl (C=O) groups is 1. The molecule has 0 saturated heterocycles. The van der Waals surface area contributed by atoms with Crippen molar-refractivity contribution in [3.63, 3.8) is 0 Å². The van der Waals surface area contributed by atoms with Crippen molar-refractivity contribution in [1.29, 1.82) is 0 Å². The summed E-state index contributed by atoms with van der Waals surface area (Å²) in [5, 5.41) is 0.991. The molecule has 15 heavy (non-hydrogen) atoms. The number of pyridine rings is 1. The fourth-order valence-corrected chi connectivity index (χ4v) is 1.50. The molecule has 0 radical (unpaired) electrons. The SMILES string of the molecule is CN(C)c1ccc2cccc(C=O)c2n1. The highest BCUT2D eigenvalue weighted by molar-refractivity contribution is 5.96. The van der Waals surface area contributed by atoms with Gasteiger partial charge < -0.3 is 4.90 Å². The average molecular weight is 200 g/mol. The first-order chi connectivity index (χ1) is 7.22. The van der Waals surface area contributed by atoms with Gasteiger partial charge in [0.1, 0.15) is 5.82 Å². The van der Waals surface area contributed by atoms with Crippen LogP contribution in [0.3, 0.4) is 0 Å². The van der Waals surface area contributed by atoms with E-state index in [2.05, 4.69) is 4.98 Å². The van der Waals surface area contributed by atoms with Gasteiger partial charge in [-0.25, -0.2) is 4.98 Å². The molecule has 1 heterocycles. The Morgan fingerprint density at radius 1 is 1.20 bits per heavy atom. The summed E-state index contributed by atoms with van der Waals surface area (Å²) in [5.41, 5.74) is 1.40. The number of fused-ring (bicyclic) bond motifs is 1. The highest BCUT2D eigenvalue weighted by atomic mass is 16.1. The number of aldehydes is 1. The minimum absolute atomic E-state index is 0.635. The minimum Gasteiger partial charge on any atom is -0.363 e. The van der Waals surface area contributed by atoms with E-state index in [4.69, 9.17) is 0 Å². The van der Waals surface area contributed by atoms with Gasteiger partial charge in [-0.15, -0.1) is 0 Å². The van der Waals surface area contributed by atoms with Gasteiger partial charge in [0.25, 0.3) is 0 Å². The lowest BCUT2D eigenvalue weighted by Crippen LogP contribution is -2.10. The highest BCUT2D eigenvalue weighted by Crippen LogP contribution is 2.19. The van der Waals surface area contributed by atoms with Crippen LogP contribution in [0.25, 0.3) is 10.9 Å². The predicted octanol–water partition coefficient (Wildman–Crippen LogP) is 2.11. The molecular weight excluding hydrogens is 188 g/mol. The number of nitrogens with zero attached hydrogens (tertiary/aromatic N) is 2. The molecule has 0 bridgehead atoms. The van der Waals surface area contributed by atoms with Crippen LogP contribution in [-0.4, -0.2) is 25.4 Å². The summed E-state index contributed by atoms with van der Waals surface area (Å²) in [4.78, 5) is 17.2. The van der Waals surface area contributed by atoms with Crippen LogP contribution in [-0.2, 0) is 0 Å². The molecule has 0 spiro atoms. The lowest BCUT2D eigenvalue weighted by molar-refractivity contribution is 0.112. The fraction of sp³-hybridized carbons (Fsp3) is 0.167. The average Bonchev–Trinajstić information content (AvgIpc) is 2.27. The second-order valence-electron chi connectivity index (χ2n) is 3.60. The molecule has 1 aromatic heterocycles. The Bertz CT molecular complexity index is 506. The number of rotatable bonds is 2. The topological polar surface area (TPSA) is 33.2 Å². The number of carbonyl (C=O) groups excluding carboxylic acids is 1. The molecular formula is C12H12N2O. The van der Waals surface area contributed by atoms with Crippen molar-refractivity contribution in [2.45, 2.75) is 0 Å². The summed E-state index contributed by atoms with van der Waals surface area (Å²) in [6.45, 7) is 0. The quantitative estimate of drug-likeness (QED) is 0.696. The predicted molar refractivity (Wildman–Crippen MR) is 61.5 cm³/mol.